The molecular formula is C11H8F3NS2. The van der Waals surface area contributed by atoms with Crippen LogP contribution in [0.3, 0.4) is 0 Å². The Bertz CT molecular complexity index is 502. The lowest BCUT2D eigenvalue weighted by atomic mass is 10.1. The minimum Gasteiger partial charge on any atom is -0.244 e. The van der Waals surface area contributed by atoms with Crippen LogP contribution in [-0.4, -0.2) is 4.98 Å². The molecule has 1 heterocycles. The summed E-state index contributed by atoms with van der Waals surface area (Å²) in [6.07, 6.45) is -2.61. The highest BCUT2D eigenvalue weighted by molar-refractivity contribution is 7.79. The number of benzene rings is 1. The predicted molar refractivity (Wildman–Crippen MR) is 65.2 cm³/mol. The first-order valence-corrected chi connectivity index (χ1v) is 6.19. The van der Waals surface area contributed by atoms with E-state index in [2.05, 4.69) is 17.6 Å². The van der Waals surface area contributed by atoms with Gasteiger partial charge in [-0.25, -0.2) is 4.98 Å². The number of hydrogen-bond donors (Lipinski definition) is 1. The zero-order valence-electron chi connectivity index (χ0n) is 8.53. The summed E-state index contributed by atoms with van der Waals surface area (Å²) in [7, 11) is 0. The molecule has 2 aromatic rings. The third-order valence-corrected chi connectivity index (χ3v) is 3.77. The first-order chi connectivity index (χ1) is 8.00. The second-order valence-electron chi connectivity index (χ2n) is 3.36. The molecule has 0 aliphatic heterocycles. The van der Waals surface area contributed by atoms with Gasteiger partial charge in [0.1, 0.15) is 5.01 Å². The summed E-state index contributed by atoms with van der Waals surface area (Å²) in [4.78, 5) is 5.13. The topological polar surface area (TPSA) is 12.9 Å². The van der Waals surface area contributed by atoms with E-state index >= 15 is 0 Å². The summed E-state index contributed by atoms with van der Waals surface area (Å²) in [6, 6.07) is 5.00. The number of alkyl halides is 3. The zero-order valence-corrected chi connectivity index (χ0v) is 10.2. The normalized spacial score (nSPS) is 11.8. The van der Waals surface area contributed by atoms with E-state index < -0.39 is 11.7 Å². The van der Waals surface area contributed by atoms with Crippen molar-refractivity contribution < 1.29 is 13.2 Å². The Kier molecular flexibility index (Phi) is 3.44. The van der Waals surface area contributed by atoms with Crippen LogP contribution in [0.5, 0.6) is 0 Å². The molecule has 0 bridgehead atoms. The van der Waals surface area contributed by atoms with Crippen molar-refractivity contribution in [2.24, 2.45) is 0 Å². The molecule has 0 aliphatic carbocycles. The molecular weight excluding hydrogens is 267 g/mol. The summed E-state index contributed by atoms with van der Waals surface area (Å²) in [5.41, 5.74) is 0.0447. The molecule has 0 fully saturated rings. The molecule has 0 amide bonds. The van der Waals surface area contributed by atoms with Crippen LogP contribution in [-0.2, 0) is 11.9 Å². The fourth-order valence-electron chi connectivity index (χ4n) is 1.32. The van der Waals surface area contributed by atoms with E-state index in [1.807, 2.05) is 0 Å². The molecule has 0 N–H and O–H groups in total. The van der Waals surface area contributed by atoms with Gasteiger partial charge in [-0.2, -0.15) is 25.8 Å². The van der Waals surface area contributed by atoms with Crippen LogP contribution in [0.1, 0.15) is 10.4 Å². The molecule has 0 aliphatic rings. The van der Waals surface area contributed by atoms with Crippen LogP contribution in [0.2, 0.25) is 0 Å². The second-order valence-corrected chi connectivity index (χ2v) is 4.80. The third kappa shape index (κ3) is 2.81. The number of thiazole rings is 1. The predicted octanol–water partition coefficient (Wildman–Crippen LogP) is 4.26. The molecule has 1 aromatic heterocycles. The average molecular weight is 275 g/mol. The van der Waals surface area contributed by atoms with Crippen molar-refractivity contribution in [1.82, 2.24) is 4.98 Å². The van der Waals surface area contributed by atoms with Gasteiger partial charge in [0.25, 0.3) is 0 Å². The maximum absolute atomic E-state index is 12.4. The van der Waals surface area contributed by atoms with Gasteiger partial charge >= 0.3 is 6.18 Å². The summed E-state index contributed by atoms with van der Waals surface area (Å²) in [5, 5.41) is 0.711. The summed E-state index contributed by atoms with van der Waals surface area (Å²) in [5.74, 6) is 0.582. The quantitative estimate of drug-likeness (QED) is 0.808. The van der Waals surface area contributed by atoms with Gasteiger partial charge in [0.2, 0.25) is 0 Å². The monoisotopic (exact) mass is 275 g/mol. The van der Waals surface area contributed by atoms with Crippen molar-refractivity contribution in [1.29, 1.82) is 0 Å². The van der Waals surface area contributed by atoms with Crippen molar-refractivity contribution in [3.05, 3.63) is 40.9 Å². The minimum absolute atomic E-state index is 0.582. The smallest absolute Gasteiger partial charge is 0.244 e. The third-order valence-electron chi connectivity index (χ3n) is 2.17. The van der Waals surface area contributed by atoms with E-state index in [1.54, 1.807) is 6.20 Å². The number of hydrogen-bond acceptors (Lipinski definition) is 3. The molecule has 0 saturated heterocycles. The Labute approximate surface area is 106 Å². The van der Waals surface area contributed by atoms with Crippen LogP contribution in [0, 0.1) is 0 Å². The highest BCUT2D eigenvalue weighted by Crippen LogP contribution is 2.32. The maximum atomic E-state index is 12.4. The van der Waals surface area contributed by atoms with Crippen molar-refractivity contribution in [2.75, 3.05) is 0 Å². The highest BCUT2D eigenvalue weighted by Gasteiger charge is 2.30. The van der Waals surface area contributed by atoms with E-state index in [0.29, 0.717) is 16.3 Å². The Morgan fingerprint density at radius 3 is 2.29 bits per heavy atom. The van der Waals surface area contributed by atoms with E-state index in [0.717, 1.165) is 17.0 Å². The lowest BCUT2D eigenvalue weighted by Crippen LogP contribution is -2.03. The molecule has 1 aromatic carbocycles. The van der Waals surface area contributed by atoms with Crippen LogP contribution in [0.15, 0.2) is 30.5 Å². The number of aromatic nitrogens is 1. The van der Waals surface area contributed by atoms with E-state index in [4.69, 9.17) is 0 Å². The fourth-order valence-corrected chi connectivity index (χ4v) is 2.37. The van der Waals surface area contributed by atoms with Gasteiger partial charge in [-0.15, -0.1) is 11.3 Å². The Morgan fingerprint density at radius 1 is 1.18 bits per heavy atom. The molecule has 0 unspecified atom stereocenters. The number of thiol groups is 1. The molecule has 90 valence electrons. The standard InChI is InChI=1S/C11H8F3NS2/c12-11(13,14)8-3-1-7(2-4-8)10-15-5-9(6-16)17-10/h1-5,16H,6H2. The first kappa shape index (κ1) is 12.4. The van der Waals surface area contributed by atoms with Crippen molar-refractivity contribution in [2.45, 2.75) is 11.9 Å². The largest absolute Gasteiger partial charge is 0.416 e. The Hall–Kier alpha value is -1.01. The van der Waals surface area contributed by atoms with Crippen LogP contribution in [0.4, 0.5) is 13.2 Å². The molecule has 6 heteroatoms. The molecule has 17 heavy (non-hydrogen) atoms. The van der Waals surface area contributed by atoms with E-state index in [1.165, 1.54) is 23.5 Å². The summed E-state index contributed by atoms with van der Waals surface area (Å²) < 4.78 is 37.1. The molecule has 0 saturated carbocycles. The summed E-state index contributed by atoms with van der Waals surface area (Å²) in [6.45, 7) is 0. The highest BCUT2D eigenvalue weighted by atomic mass is 32.1. The van der Waals surface area contributed by atoms with Gasteiger partial charge in [-0.3, -0.25) is 0 Å². The maximum Gasteiger partial charge on any atom is 0.416 e. The number of nitrogens with zero attached hydrogens (tertiary/aromatic N) is 1. The van der Waals surface area contributed by atoms with Crippen molar-refractivity contribution in [3.63, 3.8) is 0 Å². The van der Waals surface area contributed by atoms with Crippen LogP contribution < -0.4 is 0 Å². The minimum atomic E-state index is -4.29. The van der Waals surface area contributed by atoms with E-state index in [-0.39, 0.29) is 0 Å². The lowest BCUT2D eigenvalue weighted by Gasteiger charge is -2.06. The molecule has 0 atom stereocenters. The van der Waals surface area contributed by atoms with Crippen LogP contribution >= 0.6 is 24.0 Å². The van der Waals surface area contributed by atoms with E-state index in [9.17, 15) is 13.2 Å². The van der Waals surface area contributed by atoms with Gasteiger partial charge in [-0.05, 0) is 12.1 Å². The zero-order chi connectivity index (χ0) is 12.5. The summed E-state index contributed by atoms with van der Waals surface area (Å²) >= 11 is 5.54. The van der Waals surface area contributed by atoms with Gasteiger partial charge in [0.05, 0.1) is 5.56 Å². The SMILES string of the molecule is FC(F)(F)c1ccc(-c2ncc(CS)s2)cc1. The van der Waals surface area contributed by atoms with Gasteiger partial charge in [0, 0.05) is 22.4 Å². The molecule has 0 spiro atoms. The average Bonchev–Trinajstić information content (AvgIpc) is 2.76. The van der Waals surface area contributed by atoms with Crippen molar-refractivity contribution >= 4 is 24.0 Å². The van der Waals surface area contributed by atoms with Gasteiger partial charge < -0.3 is 0 Å². The van der Waals surface area contributed by atoms with Crippen molar-refractivity contribution in [3.8, 4) is 10.6 Å². The Morgan fingerprint density at radius 2 is 1.82 bits per heavy atom. The van der Waals surface area contributed by atoms with Gasteiger partial charge in [-0.1, -0.05) is 12.1 Å². The lowest BCUT2D eigenvalue weighted by molar-refractivity contribution is -0.137. The first-order valence-electron chi connectivity index (χ1n) is 4.74. The molecule has 0 radical (unpaired) electrons. The second kappa shape index (κ2) is 4.70. The molecule has 1 nitrogen and oxygen atoms in total. The number of rotatable bonds is 2. The fraction of sp³-hybridized carbons (Fsp3) is 0.182. The van der Waals surface area contributed by atoms with Gasteiger partial charge in [0.15, 0.2) is 0 Å². The number of halogens is 3. The Balaban J connectivity index is 2.29. The van der Waals surface area contributed by atoms with Crippen LogP contribution in [0.25, 0.3) is 10.6 Å². The molecule has 2 rings (SSSR count).